The van der Waals surface area contributed by atoms with Crippen LogP contribution < -0.4 is 16.4 Å². The first-order chi connectivity index (χ1) is 17.9. The summed E-state index contributed by atoms with van der Waals surface area (Å²) in [5.41, 5.74) is 7.97. The third-order valence-electron chi connectivity index (χ3n) is 6.84. The van der Waals surface area contributed by atoms with E-state index in [4.69, 9.17) is 15.2 Å². The quantitative estimate of drug-likeness (QED) is 0.452. The maximum absolute atomic E-state index is 13.3. The average Bonchev–Trinajstić information content (AvgIpc) is 3.47. The molecule has 2 fully saturated rings. The summed E-state index contributed by atoms with van der Waals surface area (Å²) in [6.07, 6.45) is 0.626. The number of alkyl carbamates (subject to hydrolysis) is 1. The molecule has 0 bridgehead atoms. The van der Waals surface area contributed by atoms with Crippen LogP contribution in [0.3, 0.4) is 0 Å². The summed E-state index contributed by atoms with van der Waals surface area (Å²) < 4.78 is 38.0. The number of carbonyl (C=O) groups excluding carboxylic acids is 2. The van der Waals surface area contributed by atoms with Gasteiger partial charge in [0.1, 0.15) is 17.9 Å². The molecule has 2 amide bonds. The molecule has 2 aromatic carbocycles. The van der Waals surface area contributed by atoms with Crippen molar-refractivity contribution in [3.05, 3.63) is 65.7 Å². The first-order valence-corrected chi connectivity index (χ1v) is 14.0. The first kappa shape index (κ1) is 27.1. The molecule has 2 atom stereocenters. The van der Waals surface area contributed by atoms with Crippen LogP contribution in [0.4, 0.5) is 10.5 Å². The first-order valence-electron chi connectivity index (χ1n) is 12.5. The van der Waals surface area contributed by atoms with Gasteiger partial charge in [-0.15, -0.1) is 0 Å². The number of piperidine rings is 1. The van der Waals surface area contributed by atoms with E-state index in [-0.39, 0.29) is 32.2 Å². The van der Waals surface area contributed by atoms with Gasteiger partial charge >= 0.3 is 6.09 Å². The minimum absolute atomic E-state index is 0.0692. The standard InChI is InChI=1S/C26H34N4O6S/c27-16-20-7-4-8-22(15-20)28-25(31)24(29-26(32)36-17-19-5-2-1-3-6-19)21-9-12-30(13-10-21)37(33,34)23-11-14-35-18-23/h1-8,15,21,23-24H,9-14,16-18,27H2,(H,28,31)(H,29,32)/t23-,24-/m0/s1. The highest BCUT2D eigenvalue weighted by Gasteiger charge is 2.40. The van der Waals surface area contributed by atoms with Gasteiger partial charge in [-0.3, -0.25) is 4.79 Å². The molecule has 0 aromatic heterocycles. The van der Waals surface area contributed by atoms with E-state index in [9.17, 15) is 18.0 Å². The van der Waals surface area contributed by atoms with Crippen molar-refractivity contribution in [1.29, 1.82) is 0 Å². The summed E-state index contributed by atoms with van der Waals surface area (Å²) >= 11 is 0. The van der Waals surface area contributed by atoms with Crippen LogP contribution in [0.1, 0.15) is 30.4 Å². The monoisotopic (exact) mass is 530 g/mol. The Kier molecular flexibility index (Phi) is 9.14. The summed E-state index contributed by atoms with van der Waals surface area (Å²) in [6, 6.07) is 15.5. The van der Waals surface area contributed by atoms with Crippen LogP contribution in [0.5, 0.6) is 0 Å². The molecule has 10 nitrogen and oxygen atoms in total. The van der Waals surface area contributed by atoms with Gasteiger partial charge in [0.2, 0.25) is 15.9 Å². The van der Waals surface area contributed by atoms with Crippen molar-refractivity contribution >= 4 is 27.7 Å². The topological polar surface area (TPSA) is 140 Å². The zero-order valence-corrected chi connectivity index (χ0v) is 21.5. The predicted octanol–water partition coefficient (Wildman–Crippen LogP) is 2.21. The number of sulfonamides is 1. The smallest absolute Gasteiger partial charge is 0.408 e. The Morgan fingerprint density at radius 1 is 1.05 bits per heavy atom. The van der Waals surface area contributed by atoms with E-state index < -0.39 is 33.3 Å². The van der Waals surface area contributed by atoms with Gasteiger partial charge in [-0.1, -0.05) is 42.5 Å². The lowest BCUT2D eigenvalue weighted by Crippen LogP contribution is -2.53. The van der Waals surface area contributed by atoms with Crippen molar-refractivity contribution in [2.45, 2.75) is 43.7 Å². The number of hydrogen-bond acceptors (Lipinski definition) is 7. The number of rotatable bonds is 9. The number of hydrogen-bond donors (Lipinski definition) is 3. The van der Waals surface area contributed by atoms with Gasteiger partial charge in [0.15, 0.2) is 0 Å². The second-order valence-electron chi connectivity index (χ2n) is 9.34. The van der Waals surface area contributed by atoms with E-state index in [0.29, 0.717) is 38.1 Å². The van der Waals surface area contributed by atoms with Gasteiger partial charge in [0, 0.05) is 31.9 Å². The van der Waals surface area contributed by atoms with Crippen molar-refractivity contribution in [3.8, 4) is 0 Å². The fourth-order valence-corrected chi connectivity index (χ4v) is 6.51. The Bertz CT molecular complexity index is 1160. The SMILES string of the molecule is NCc1cccc(NC(=O)[C@@H](NC(=O)OCc2ccccc2)C2CCN(S(=O)(=O)[C@H]3CCOC3)CC2)c1. The number of anilines is 1. The Balaban J connectivity index is 1.43. The van der Waals surface area contributed by atoms with Crippen molar-refractivity contribution in [1.82, 2.24) is 9.62 Å². The number of nitrogens with zero attached hydrogens (tertiary/aromatic N) is 1. The molecule has 200 valence electrons. The highest BCUT2D eigenvalue weighted by Crippen LogP contribution is 2.27. The summed E-state index contributed by atoms with van der Waals surface area (Å²) in [5.74, 6) is -0.662. The molecule has 2 aliphatic rings. The van der Waals surface area contributed by atoms with Gasteiger partial charge in [-0.05, 0) is 48.4 Å². The number of nitrogens with one attached hydrogen (secondary N) is 2. The maximum atomic E-state index is 13.3. The van der Waals surface area contributed by atoms with Crippen molar-refractivity contribution < 1.29 is 27.5 Å². The minimum Gasteiger partial charge on any atom is -0.445 e. The molecule has 0 spiro atoms. The van der Waals surface area contributed by atoms with Crippen LogP contribution >= 0.6 is 0 Å². The zero-order chi connectivity index (χ0) is 26.3. The molecular formula is C26H34N4O6S. The van der Waals surface area contributed by atoms with E-state index in [1.807, 2.05) is 36.4 Å². The molecule has 37 heavy (non-hydrogen) atoms. The molecule has 2 heterocycles. The lowest BCUT2D eigenvalue weighted by molar-refractivity contribution is -0.119. The molecule has 2 saturated heterocycles. The summed E-state index contributed by atoms with van der Waals surface area (Å²) in [4.78, 5) is 26.0. The molecule has 0 unspecified atom stereocenters. The largest absolute Gasteiger partial charge is 0.445 e. The molecular weight excluding hydrogens is 496 g/mol. The highest BCUT2D eigenvalue weighted by molar-refractivity contribution is 7.89. The van der Waals surface area contributed by atoms with E-state index >= 15 is 0 Å². The van der Waals surface area contributed by atoms with Crippen LogP contribution in [0.2, 0.25) is 0 Å². The number of nitrogens with two attached hydrogens (primary N) is 1. The third-order valence-corrected chi connectivity index (χ3v) is 9.14. The van der Waals surface area contributed by atoms with Crippen molar-refractivity contribution in [2.75, 3.05) is 31.6 Å². The van der Waals surface area contributed by atoms with Gasteiger partial charge in [-0.25, -0.2) is 17.5 Å². The lowest BCUT2D eigenvalue weighted by atomic mass is 9.89. The van der Waals surface area contributed by atoms with Gasteiger partial charge in [0.05, 0.1) is 6.61 Å². The fourth-order valence-electron chi connectivity index (χ4n) is 4.71. The fraction of sp³-hybridized carbons (Fsp3) is 0.462. The predicted molar refractivity (Wildman–Crippen MR) is 139 cm³/mol. The lowest BCUT2D eigenvalue weighted by Gasteiger charge is -2.35. The number of benzene rings is 2. The second-order valence-corrected chi connectivity index (χ2v) is 11.6. The van der Waals surface area contributed by atoms with Crippen LogP contribution in [-0.2, 0) is 37.4 Å². The van der Waals surface area contributed by atoms with E-state index in [2.05, 4.69) is 10.6 Å². The van der Waals surface area contributed by atoms with Crippen molar-refractivity contribution in [3.63, 3.8) is 0 Å². The highest BCUT2D eigenvalue weighted by atomic mass is 32.2. The Hall–Kier alpha value is -2.99. The van der Waals surface area contributed by atoms with Gasteiger partial charge < -0.3 is 25.8 Å². The number of carbonyl (C=O) groups is 2. The Morgan fingerprint density at radius 2 is 1.78 bits per heavy atom. The Morgan fingerprint density at radius 3 is 2.46 bits per heavy atom. The van der Waals surface area contributed by atoms with Crippen LogP contribution in [0.15, 0.2) is 54.6 Å². The minimum atomic E-state index is -3.47. The molecule has 2 aromatic rings. The van der Waals surface area contributed by atoms with Crippen LogP contribution in [-0.4, -0.2) is 62.3 Å². The van der Waals surface area contributed by atoms with Gasteiger partial charge in [-0.2, -0.15) is 0 Å². The summed E-state index contributed by atoms with van der Waals surface area (Å²) in [5, 5.41) is 5.07. The van der Waals surface area contributed by atoms with E-state index in [1.54, 1.807) is 18.2 Å². The molecule has 4 N–H and O–H groups in total. The summed E-state index contributed by atoms with van der Waals surface area (Å²) in [6.45, 7) is 1.61. The molecule has 0 radical (unpaired) electrons. The summed E-state index contributed by atoms with van der Waals surface area (Å²) in [7, 11) is -3.47. The maximum Gasteiger partial charge on any atom is 0.408 e. The molecule has 0 saturated carbocycles. The van der Waals surface area contributed by atoms with E-state index in [0.717, 1.165) is 11.1 Å². The molecule has 2 aliphatic heterocycles. The van der Waals surface area contributed by atoms with E-state index in [1.165, 1.54) is 4.31 Å². The Labute approximate surface area is 217 Å². The second kappa shape index (κ2) is 12.5. The van der Waals surface area contributed by atoms with Crippen LogP contribution in [0.25, 0.3) is 0 Å². The van der Waals surface area contributed by atoms with Crippen LogP contribution in [0, 0.1) is 5.92 Å². The molecule has 11 heteroatoms. The van der Waals surface area contributed by atoms with Gasteiger partial charge in [0.25, 0.3) is 0 Å². The van der Waals surface area contributed by atoms with Crippen molar-refractivity contribution in [2.24, 2.45) is 11.7 Å². The molecule has 0 aliphatic carbocycles. The third kappa shape index (κ3) is 7.07. The average molecular weight is 531 g/mol. The zero-order valence-electron chi connectivity index (χ0n) is 20.7. The number of ether oxygens (including phenoxy) is 2. The molecule has 4 rings (SSSR count). The normalized spacial score (nSPS) is 19.8. The number of amides is 2.